The number of likely N-dealkylation sites (N-methyl/N-ethyl adjacent to an activating group) is 1. The Bertz CT molecular complexity index is 1070. The first-order valence-corrected chi connectivity index (χ1v) is 13.6. The third kappa shape index (κ3) is 5.41. The van der Waals surface area contributed by atoms with Gasteiger partial charge in [-0.25, -0.2) is 0 Å². The van der Waals surface area contributed by atoms with Crippen LogP contribution >= 0.6 is 11.8 Å². The van der Waals surface area contributed by atoms with Gasteiger partial charge < -0.3 is 25.6 Å². The Labute approximate surface area is 217 Å². The monoisotopic (exact) mass is 512 g/mol. The summed E-state index contributed by atoms with van der Waals surface area (Å²) in [6.07, 6.45) is 1.73. The van der Waals surface area contributed by atoms with Gasteiger partial charge in [0.25, 0.3) is 0 Å². The standard InChI is InChI=1S/C27H36N4O4S/c1-5-6-12-35-20-14-17-9-7-8-10-18(17)23(20)30-25(33)24-27(2,3)15-22-31(24)26(34)19(11-13-36-22)29-21(32)16-28-4/h7-10,19-20,22-24,28H,11-16H2,1-4H3,(H,29,32)(H,30,33)/t19-,20+,22-,23-,24+/m0/s1. The zero-order valence-corrected chi connectivity index (χ0v) is 22.2. The molecular weight excluding hydrogens is 476 g/mol. The molecule has 5 atom stereocenters. The van der Waals surface area contributed by atoms with Gasteiger partial charge in [-0.2, -0.15) is 0 Å². The molecule has 2 saturated heterocycles. The van der Waals surface area contributed by atoms with Crippen molar-refractivity contribution in [2.75, 3.05) is 26.0 Å². The number of benzene rings is 1. The van der Waals surface area contributed by atoms with Crippen LogP contribution in [0.3, 0.4) is 0 Å². The van der Waals surface area contributed by atoms with E-state index in [1.54, 1.807) is 30.6 Å². The molecule has 8 nitrogen and oxygen atoms in total. The molecule has 0 radical (unpaired) electrons. The van der Waals surface area contributed by atoms with E-state index >= 15 is 0 Å². The summed E-state index contributed by atoms with van der Waals surface area (Å²) in [5, 5.41) is 8.83. The summed E-state index contributed by atoms with van der Waals surface area (Å²) < 4.78 is 6.06. The van der Waals surface area contributed by atoms with Gasteiger partial charge >= 0.3 is 0 Å². The van der Waals surface area contributed by atoms with Gasteiger partial charge in [-0.3, -0.25) is 14.4 Å². The summed E-state index contributed by atoms with van der Waals surface area (Å²) >= 11 is 1.69. The number of nitrogens with one attached hydrogen (secondary N) is 3. The van der Waals surface area contributed by atoms with Crippen molar-refractivity contribution in [3.63, 3.8) is 0 Å². The second-order valence-corrected chi connectivity index (χ2v) is 11.6. The normalized spacial score (nSPS) is 28.4. The Morgan fingerprint density at radius 3 is 2.78 bits per heavy atom. The van der Waals surface area contributed by atoms with Crippen molar-refractivity contribution in [1.82, 2.24) is 20.9 Å². The largest absolute Gasteiger partial charge is 0.363 e. The number of rotatable bonds is 7. The van der Waals surface area contributed by atoms with Crippen LogP contribution in [0, 0.1) is 17.3 Å². The van der Waals surface area contributed by atoms with Crippen molar-refractivity contribution in [3.05, 3.63) is 35.4 Å². The van der Waals surface area contributed by atoms with E-state index in [9.17, 15) is 14.4 Å². The molecule has 2 heterocycles. The van der Waals surface area contributed by atoms with Gasteiger partial charge in [-0.15, -0.1) is 17.7 Å². The highest BCUT2D eigenvalue weighted by Gasteiger charge is 2.55. The van der Waals surface area contributed by atoms with Crippen LogP contribution in [0.2, 0.25) is 0 Å². The second-order valence-electron chi connectivity index (χ2n) is 10.3. The molecule has 0 unspecified atom stereocenters. The Morgan fingerprint density at radius 1 is 1.25 bits per heavy atom. The van der Waals surface area contributed by atoms with Crippen molar-refractivity contribution in [2.45, 2.75) is 69.6 Å². The van der Waals surface area contributed by atoms with E-state index < -0.39 is 17.5 Å². The minimum atomic E-state index is -0.645. The molecule has 0 bridgehead atoms. The molecule has 0 spiro atoms. The fraction of sp³-hybridized carbons (Fsp3) is 0.593. The summed E-state index contributed by atoms with van der Waals surface area (Å²) in [6.45, 7) is 6.30. The van der Waals surface area contributed by atoms with E-state index in [1.807, 2.05) is 32.0 Å². The van der Waals surface area contributed by atoms with Crippen LogP contribution in [0.1, 0.15) is 50.8 Å². The summed E-state index contributed by atoms with van der Waals surface area (Å²) in [7, 11) is 1.69. The van der Waals surface area contributed by atoms with Gasteiger partial charge in [0.15, 0.2) is 0 Å². The Morgan fingerprint density at radius 2 is 2.03 bits per heavy atom. The van der Waals surface area contributed by atoms with Crippen LogP contribution in [0.4, 0.5) is 0 Å². The zero-order chi connectivity index (χ0) is 25.9. The number of ether oxygens (including phenoxy) is 1. The topological polar surface area (TPSA) is 99.8 Å². The van der Waals surface area contributed by atoms with Crippen LogP contribution in [0.15, 0.2) is 24.3 Å². The summed E-state index contributed by atoms with van der Waals surface area (Å²) in [4.78, 5) is 41.6. The van der Waals surface area contributed by atoms with Gasteiger partial charge in [0.1, 0.15) is 18.7 Å². The third-order valence-corrected chi connectivity index (χ3v) is 8.50. The molecule has 4 rings (SSSR count). The number of carbonyl (C=O) groups excluding carboxylic acids is 3. The SMILES string of the molecule is CC#CCO[C@@H]1Cc2ccccc2[C@@H]1NC(=O)[C@H]1N2C(=O)[C@@H](NC(=O)CNC)CCS[C@H]2CC1(C)C. The van der Waals surface area contributed by atoms with Crippen LogP contribution in [-0.2, 0) is 25.5 Å². The highest BCUT2D eigenvalue weighted by Crippen LogP contribution is 2.46. The maximum atomic E-state index is 14.0. The van der Waals surface area contributed by atoms with Gasteiger partial charge in [-0.05, 0) is 49.1 Å². The molecule has 0 saturated carbocycles. The molecular formula is C27H36N4O4S. The summed E-state index contributed by atoms with van der Waals surface area (Å²) in [5.74, 6) is 5.94. The Hall–Kier alpha value is -2.54. The molecule has 2 aliphatic heterocycles. The lowest BCUT2D eigenvalue weighted by Crippen LogP contribution is -2.57. The molecule has 1 aromatic carbocycles. The molecule has 3 amide bonds. The molecule has 36 heavy (non-hydrogen) atoms. The lowest BCUT2D eigenvalue weighted by molar-refractivity contribution is -0.144. The number of amides is 3. The van der Waals surface area contributed by atoms with E-state index in [2.05, 4.69) is 33.9 Å². The average molecular weight is 513 g/mol. The van der Waals surface area contributed by atoms with E-state index in [0.29, 0.717) is 25.9 Å². The Kier molecular flexibility index (Phi) is 8.28. The first-order valence-electron chi connectivity index (χ1n) is 12.5. The third-order valence-electron chi connectivity index (χ3n) is 7.25. The smallest absolute Gasteiger partial charge is 0.246 e. The van der Waals surface area contributed by atoms with Crippen molar-refractivity contribution in [2.24, 2.45) is 5.41 Å². The van der Waals surface area contributed by atoms with Crippen molar-refractivity contribution in [1.29, 1.82) is 0 Å². The van der Waals surface area contributed by atoms with Crippen molar-refractivity contribution >= 4 is 29.5 Å². The van der Waals surface area contributed by atoms with Crippen LogP contribution in [-0.4, -0.2) is 72.1 Å². The Balaban J connectivity index is 1.57. The van der Waals surface area contributed by atoms with Gasteiger partial charge in [0.2, 0.25) is 17.7 Å². The van der Waals surface area contributed by atoms with Gasteiger partial charge in [-0.1, -0.05) is 44.0 Å². The summed E-state index contributed by atoms with van der Waals surface area (Å²) in [5.41, 5.74) is 1.77. The average Bonchev–Trinajstić information content (AvgIpc) is 3.26. The highest BCUT2D eigenvalue weighted by molar-refractivity contribution is 7.99. The van der Waals surface area contributed by atoms with E-state index in [4.69, 9.17) is 4.74 Å². The van der Waals surface area contributed by atoms with Crippen LogP contribution in [0.5, 0.6) is 0 Å². The number of hydrogen-bond acceptors (Lipinski definition) is 6. The number of carbonyl (C=O) groups is 3. The van der Waals surface area contributed by atoms with Crippen molar-refractivity contribution in [3.8, 4) is 11.8 Å². The minimum Gasteiger partial charge on any atom is -0.363 e. The predicted molar refractivity (Wildman–Crippen MR) is 140 cm³/mol. The number of nitrogens with zero attached hydrogens (tertiary/aromatic N) is 1. The minimum absolute atomic E-state index is 0.0998. The lowest BCUT2D eigenvalue weighted by Gasteiger charge is -2.35. The van der Waals surface area contributed by atoms with E-state index in [0.717, 1.165) is 16.9 Å². The quantitative estimate of drug-likeness (QED) is 0.480. The fourth-order valence-corrected chi connectivity index (χ4v) is 7.17. The molecule has 194 valence electrons. The zero-order valence-electron chi connectivity index (χ0n) is 21.4. The fourth-order valence-electron chi connectivity index (χ4n) is 5.59. The first-order chi connectivity index (χ1) is 17.3. The molecule has 1 aromatic rings. The number of thioether (sulfide) groups is 1. The summed E-state index contributed by atoms with van der Waals surface area (Å²) in [6, 6.07) is 6.45. The highest BCUT2D eigenvalue weighted by atomic mass is 32.2. The number of fused-ring (bicyclic) bond motifs is 2. The second kappa shape index (κ2) is 11.2. The van der Waals surface area contributed by atoms with Crippen LogP contribution < -0.4 is 16.0 Å². The molecule has 2 fully saturated rings. The van der Waals surface area contributed by atoms with Crippen molar-refractivity contribution < 1.29 is 19.1 Å². The molecule has 3 aliphatic rings. The first kappa shape index (κ1) is 26.5. The van der Waals surface area contributed by atoms with E-state index in [-0.39, 0.29) is 41.8 Å². The number of hydrogen-bond donors (Lipinski definition) is 3. The molecule has 1 aliphatic carbocycles. The van der Waals surface area contributed by atoms with Gasteiger partial charge in [0.05, 0.1) is 24.1 Å². The lowest BCUT2D eigenvalue weighted by atomic mass is 9.83. The molecule has 9 heteroatoms. The van der Waals surface area contributed by atoms with E-state index in [1.165, 1.54) is 0 Å². The van der Waals surface area contributed by atoms with Gasteiger partial charge in [0, 0.05) is 6.42 Å². The maximum Gasteiger partial charge on any atom is 0.246 e. The molecule has 3 N–H and O–H groups in total. The maximum absolute atomic E-state index is 14.0. The van der Waals surface area contributed by atoms with Crippen LogP contribution in [0.25, 0.3) is 0 Å². The predicted octanol–water partition coefficient (Wildman–Crippen LogP) is 1.60. The molecule has 0 aromatic heterocycles.